The van der Waals surface area contributed by atoms with E-state index in [0.29, 0.717) is 45.6 Å². The molecule has 3 aliphatic rings. The zero-order valence-corrected chi connectivity index (χ0v) is 15.8. The van der Waals surface area contributed by atoms with Gasteiger partial charge in [-0.05, 0) is 36.8 Å². The van der Waals surface area contributed by atoms with E-state index in [-0.39, 0.29) is 11.3 Å². The molecule has 28 heavy (non-hydrogen) atoms. The van der Waals surface area contributed by atoms with Gasteiger partial charge in [-0.2, -0.15) is 0 Å². The Hall–Kier alpha value is -2.61. The van der Waals surface area contributed by atoms with Crippen molar-refractivity contribution in [2.45, 2.75) is 25.3 Å². The lowest BCUT2D eigenvalue weighted by Gasteiger charge is -2.45. The van der Waals surface area contributed by atoms with Crippen LogP contribution in [-0.2, 0) is 14.4 Å². The first-order valence-corrected chi connectivity index (χ1v) is 9.81. The maximum absolute atomic E-state index is 13.3. The molecule has 0 aromatic heterocycles. The van der Waals surface area contributed by atoms with Crippen LogP contribution in [0.2, 0.25) is 0 Å². The topological polar surface area (TPSA) is 93.2 Å². The van der Waals surface area contributed by atoms with Crippen LogP contribution in [0.15, 0.2) is 30.3 Å². The zero-order valence-electron chi connectivity index (χ0n) is 15.8. The van der Waals surface area contributed by atoms with Crippen molar-refractivity contribution < 1.29 is 19.6 Å². The Morgan fingerprint density at radius 3 is 2.36 bits per heavy atom. The number of hydroxylamine groups is 1. The summed E-state index contributed by atoms with van der Waals surface area (Å²) in [5.41, 5.74) is 2.75. The fraction of sp³-hybridized carbons (Fsp3) is 0.550. The number of rotatable bonds is 4. The van der Waals surface area contributed by atoms with Gasteiger partial charge in [-0.1, -0.05) is 18.2 Å². The number of hydrogen-bond donors (Lipinski definition) is 2. The lowest BCUT2D eigenvalue weighted by molar-refractivity contribution is -0.154. The Kier molecular flexibility index (Phi) is 4.97. The van der Waals surface area contributed by atoms with Gasteiger partial charge in [0.25, 0.3) is 0 Å². The number of para-hydroxylation sites is 1. The van der Waals surface area contributed by atoms with Gasteiger partial charge in [0.15, 0.2) is 0 Å². The van der Waals surface area contributed by atoms with Crippen molar-refractivity contribution in [2.75, 3.05) is 37.6 Å². The molecule has 2 atom stereocenters. The molecule has 8 heteroatoms. The number of hydrogen-bond acceptors (Lipinski definition) is 5. The molecule has 4 rings (SSSR count). The summed E-state index contributed by atoms with van der Waals surface area (Å²) in [6, 6.07) is 9.19. The summed E-state index contributed by atoms with van der Waals surface area (Å²) in [4.78, 5) is 42.7. The van der Waals surface area contributed by atoms with E-state index in [2.05, 4.69) is 4.90 Å². The smallest absolute Gasteiger partial charge is 0.249 e. The van der Waals surface area contributed by atoms with Crippen LogP contribution < -0.4 is 10.4 Å². The molecule has 2 unspecified atom stereocenters. The van der Waals surface area contributed by atoms with Crippen molar-refractivity contribution in [3.05, 3.63) is 30.3 Å². The maximum atomic E-state index is 13.3. The first kappa shape index (κ1) is 18.7. The van der Waals surface area contributed by atoms with Gasteiger partial charge in [0.2, 0.25) is 18.2 Å². The van der Waals surface area contributed by atoms with Crippen LogP contribution in [0, 0.1) is 11.3 Å². The molecular formula is C20H26N4O4. The average Bonchev–Trinajstić information content (AvgIpc) is 3.51. The van der Waals surface area contributed by atoms with Gasteiger partial charge in [-0.3, -0.25) is 19.6 Å². The molecule has 0 radical (unpaired) electrons. The third-order valence-corrected chi connectivity index (χ3v) is 6.41. The highest BCUT2D eigenvalue weighted by molar-refractivity contribution is 5.91. The Bertz CT molecular complexity index is 744. The normalized spacial score (nSPS) is 26.1. The minimum absolute atomic E-state index is 0.0686. The molecule has 2 N–H and O–H groups in total. The number of benzene rings is 1. The fourth-order valence-electron chi connectivity index (χ4n) is 4.65. The summed E-state index contributed by atoms with van der Waals surface area (Å²) in [7, 11) is 0. The second kappa shape index (κ2) is 7.43. The fourth-order valence-corrected chi connectivity index (χ4v) is 4.65. The van der Waals surface area contributed by atoms with Crippen LogP contribution in [0.5, 0.6) is 0 Å². The molecule has 1 aliphatic carbocycles. The average molecular weight is 386 g/mol. The van der Waals surface area contributed by atoms with Crippen LogP contribution in [0.1, 0.15) is 19.3 Å². The SMILES string of the molecule is O=CN1CC2(CC2)CC(C(=O)NO)C1C(=O)N1CCN(c2ccccc2)CC1. The molecule has 1 saturated carbocycles. The van der Waals surface area contributed by atoms with Gasteiger partial charge in [0, 0.05) is 38.4 Å². The van der Waals surface area contributed by atoms with E-state index in [4.69, 9.17) is 5.21 Å². The largest absolute Gasteiger partial charge is 0.368 e. The molecule has 150 valence electrons. The minimum atomic E-state index is -0.848. The third kappa shape index (κ3) is 3.44. The molecule has 2 heterocycles. The van der Waals surface area contributed by atoms with E-state index in [1.165, 1.54) is 4.90 Å². The van der Waals surface area contributed by atoms with Crippen molar-refractivity contribution in [1.82, 2.24) is 15.3 Å². The molecule has 1 spiro atoms. The van der Waals surface area contributed by atoms with Gasteiger partial charge >= 0.3 is 0 Å². The van der Waals surface area contributed by atoms with Crippen molar-refractivity contribution in [3.63, 3.8) is 0 Å². The quantitative estimate of drug-likeness (QED) is 0.446. The highest BCUT2D eigenvalue weighted by atomic mass is 16.5. The van der Waals surface area contributed by atoms with Crippen LogP contribution in [0.3, 0.4) is 0 Å². The number of piperazine rings is 1. The standard InChI is InChI=1S/C20H26N4O4/c25-14-24-13-20(6-7-20)12-16(18(26)21-28)17(24)19(27)23-10-8-22(9-11-23)15-4-2-1-3-5-15/h1-5,14,16-17,28H,6-13H2,(H,21,26). The summed E-state index contributed by atoms with van der Waals surface area (Å²) < 4.78 is 0. The molecule has 3 fully saturated rings. The van der Waals surface area contributed by atoms with E-state index in [0.717, 1.165) is 18.5 Å². The van der Waals surface area contributed by atoms with Crippen LogP contribution in [-0.4, -0.2) is 72.0 Å². The molecular weight excluding hydrogens is 360 g/mol. The van der Waals surface area contributed by atoms with Crippen LogP contribution in [0.25, 0.3) is 0 Å². The minimum Gasteiger partial charge on any atom is -0.368 e. The van der Waals surface area contributed by atoms with E-state index in [9.17, 15) is 14.4 Å². The second-order valence-corrected chi connectivity index (χ2v) is 8.16. The van der Waals surface area contributed by atoms with E-state index < -0.39 is 17.9 Å². The summed E-state index contributed by atoms with van der Waals surface area (Å²) in [5.74, 6) is -1.51. The molecule has 2 saturated heterocycles. The molecule has 0 bridgehead atoms. The lowest BCUT2D eigenvalue weighted by Crippen LogP contribution is -2.62. The Morgan fingerprint density at radius 2 is 1.79 bits per heavy atom. The highest BCUT2D eigenvalue weighted by Gasteiger charge is 2.55. The van der Waals surface area contributed by atoms with Gasteiger partial charge in [0.1, 0.15) is 6.04 Å². The predicted octanol–water partition coefficient (Wildman–Crippen LogP) is 0.468. The number of nitrogens with one attached hydrogen (secondary N) is 1. The van der Waals surface area contributed by atoms with Gasteiger partial charge < -0.3 is 14.7 Å². The summed E-state index contributed by atoms with van der Waals surface area (Å²) in [5, 5.41) is 9.17. The molecule has 3 amide bonds. The molecule has 2 aliphatic heterocycles. The predicted molar refractivity (Wildman–Crippen MR) is 101 cm³/mol. The highest BCUT2D eigenvalue weighted by Crippen LogP contribution is 2.54. The molecule has 8 nitrogen and oxygen atoms in total. The molecule has 1 aromatic carbocycles. The number of piperidine rings is 1. The van der Waals surface area contributed by atoms with Crippen LogP contribution >= 0.6 is 0 Å². The summed E-state index contributed by atoms with van der Waals surface area (Å²) in [6.45, 7) is 2.98. The summed E-state index contributed by atoms with van der Waals surface area (Å²) >= 11 is 0. The van der Waals surface area contributed by atoms with Gasteiger partial charge in [-0.15, -0.1) is 0 Å². The van der Waals surface area contributed by atoms with Gasteiger partial charge in [0.05, 0.1) is 5.92 Å². The van der Waals surface area contributed by atoms with Crippen LogP contribution in [0.4, 0.5) is 5.69 Å². The van der Waals surface area contributed by atoms with E-state index in [1.54, 1.807) is 10.4 Å². The second-order valence-electron chi connectivity index (χ2n) is 8.16. The zero-order chi connectivity index (χ0) is 19.7. The number of nitrogens with zero attached hydrogens (tertiary/aromatic N) is 3. The van der Waals surface area contributed by atoms with Gasteiger partial charge in [-0.25, -0.2) is 5.48 Å². The van der Waals surface area contributed by atoms with Crippen molar-refractivity contribution in [2.24, 2.45) is 11.3 Å². The first-order valence-electron chi connectivity index (χ1n) is 9.81. The maximum Gasteiger partial charge on any atom is 0.249 e. The Labute approximate surface area is 164 Å². The first-order chi connectivity index (χ1) is 13.6. The van der Waals surface area contributed by atoms with E-state index >= 15 is 0 Å². The van der Waals surface area contributed by atoms with E-state index in [1.807, 2.05) is 30.3 Å². The summed E-state index contributed by atoms with van der Waals surface area (Å²) in [6.07, 6.45) is 3.11. The monoisotopic (exact) mass is 386 g/mol. The van der Waals surface area contributed by atoms with Crippen molar-refractivity contribution >= 4 is 23.9 Å². The number of amides is 3. The third-order valence-electron chi connectivity index (χ3n) is 6.41. The number of anilines is 1. The molecule has 1 aromatic rings. The lowest BCUT2D eigenvalue weighted by atomic mass is 9.80. The Balaban J connectivity index is 1.47. The number of carbonyl (C=O) groups is 3. The van der Waals surface area contributed by atoms with Crippen molar-refractivity contribution in [3.8, 4) is 0 Å². The Morgan fingerprint density at radius 1 is 1.11 bits per heavy atom. The number of carbonyl (C=O) groups excluding carboxylic acids is 3. The van der Waals surface area contributed by atoms with Crippen molar-refractivity contribution in [1.29, 1.82) is 0 Å². The number of likely N-dealkylation sites (tertiary alicyclic amines) is 1.